The van der Waals surface area contributed by atoms with E-state index in [2.05, 4.69) is 4.74 Å². The van der Waals surface area contributed by atoms with E-state index in [1.165, 1.54) is 22.8 Å². The Hall–Kier alpha value is -2.64. The highest BCUT2D eigenvalue weighted by molar-refractivity contribution is 6.34. The minimum absolute atomic E-state index is 0.0294. The van der Waals surface area contributed by atoms with Crippen LogP contribution in [0.2, 0.25) is 10.0 Å². The third kappa shape index (κ3) is 6.42. The molecule has 1 aromatic heterocycles. The summed E-state index contributed by atoms with van der Waals surface area (Å²) in [5.41, 5.74) is 2.09. The van der Waals surface area contributed by atoms with Crippen LogP contribution in [0.15, 0.2) is 59.4 Å². The molecule has 0 aliphatic rings. The summed E-state index contributed by atoms with van der Waals surface area (Å²) in [6.45, 7) is 2.14. The summed E-state index contributed by atoms with van der Waals surface area (Å²) in [6.07, 6.45) is -4.26. The molecule has 0 atom stereocenters. The average Bonchev–Trinajstić information content (AvgIpc) is 2.69. The lowest BCUT2D eigenvalue weighted by Gasteiger charge is -2.16. The fourth-order valence-electron chi connectivity index (χ4n) is 2.93. The molecule has 0 unspecified atom stereocenters. The van der Waals surface area contributed by atoms with Gasteiger partial charge in [0.2, 0.25) is 0 Å². The first-order valence-electron chi connectivity index (χ1n) is 9.24. The summed E-state index contributed by atoms with van der Waals surface area (Å²) in [5, 5.41) is 0.189. The maximum absolute atomic E-state index is 12.6. The van der Waals surface area contributed by atoms with Crippen molar-refractivity contribution in [2.45, 2.75) is 32.9 Å². The van der Waals surface area contributed by atoms with Crippen LogP contribution in [0.4, 0.5) is 13.2 Å². The summed E-state index contributed by atoms with van der Waals surface area (Å²) in [7, 11) is 0. The molecule has 164 valence electrons. The molecular formula is C22H18Cl2F3NO3. The molecule has 1 heterocycles. The second-order valence-electron chi connectivity index (χ2n) is 6.79. The molecule has 0 N–H and O–H groups in total. The smallest absolute Gasteiger partial charge is 0.487 e. The van der Waals surface area contributed by atoms with Gasteiger partial charge in [0.25, 0.3) is 5.56 Å². The van der Waals surface area contributed by atoms with E-state index in [9.17, 15) is 18.0 Å². The predicted molar refractivity (Wildman–Crippen MR) is 113 cm³/mol. The quantitative estimate of drug-likeness (QED) is 0.412. The molecular weight excluding hydrogens is 454 g/mol. The highest BCUT2D eigenvalue weighted by Gasteiger charge is 2.31. The van der Waals surface area contributed by atoms with Gasteiger partial charge in [0, 0.05) is 12.6 Å². The van der Waals surface area contributed by atoms with Gasteiger partial charge in [-0.2, -0.15) is 0 Å². The first kappa shape index (κ1) is 23.0. The van der Waals surface area contributed by atoms with Gasteiger partial charge in [0.05, 0.1) is 10.7 Å². The number of benzene rings is 2. The fraction of sp³-hybridized carbons (Fsp3) is 0.227. The van der Waals surface area contributed by atoms with Crippen molar-refractivity contribution in [2.75, 3.05) is 0 Å². The Balaban J connectivity index is 1.81. The maximum Gasteiger partial charge on any atom is 0.573 e. The Morgan fingerprint density at radius 3 is 2.32 bits per heavy atom. The third-order valence-corrected chi connectivity index (χ3v) is 5.06. The molecule has 31 heavy (non-hydrogen) atoms. The minimum atomic E-state index is -4.81. The Morgan fingerprint density at radius 2 is 1.65 bits per heavy atom. The number of alkyl halides is 3. The molecule has 0 saturated carbocycles. The molecule has 3 rings (SSSR count). The van der Waals surface area contributed by atoms with Gasteiger partial charge in [-0.15, -0.1) is 13.2 Å². The molecule has 9 heteroatoms. The molecule has 0 bridgehead atoms. The van der Waals surface area contributed by atoms with E-state index in [0.29, 0.717) is 18.7 Å². The molecule has 0 fully saturated rings. The Bertz CT molecular complexity index is 1110. The third-order valence-electron chi connectivity index (χ3n) is 4.46. The number of rotatable bonds is 7. The number of aromatic nitrogens is 1. The average molecular weight is 472 g/mol. The van der Waals surface area contributed by atoms with E-state index in [0.717, 1.165) is 23.3 Å². The predicted octanol–water partition coefficient (Wildman–Crippen LogP) is 6.18. The van der Waals surface area contributed by atoms with Crippen LogP contribution in [-0.4, -0.2) is 10.9 Å². The van der Waals surface area contributed by atoms with Crippen molar-refractivity contribution in [3.8, 4) is 11.5 Å². The van der Waals surface area contributed by atoms with Crippen LogP contribution in [0.1, 0.15) is 16.8 Å². The largest absolute Gasteiger partial charge is 0.573 e. The zero-order chi connectivity index (χ0) is 22.6. The SMILES string of the molecule is Cc1ccc(CCn2c(COc3cccc(OC(F)(F)F)c3)c(Cl)cc(Cl)c2=O)cc1. The highest BCUT2D eigenvalue weighted by atomic mass is 35.5. The molecule has 0 spiro atoms. The van der Waals surface area contributed by atoms with Crippen LogP contribution < -0.4 is 15.0 Å². The summed E-state index contributed by atoms with van der Waals surface area (Å²) >= 11 is 12.3. The fourth-order valence-corrected chi connectivity index (χ4v) is 3.46. The second-order valence-corrected chi connectivity index (χ2v) is 7.61. The number of nitrogens with zero attached hydrogens (tertiary/aromatic N) is 1. The van der Waals surface area contributed by atoms with Crippen molar-refractivity contribution >= 4 is 23.2 Å². The van der Waals surface area contributed by atoms with E-state index in [4.69, 9.17) is 27.9 Å². The van der Waals surface area contributed by atoms with E-state index >= 15 is 0 Å². The Morgan fingerprint density at radius 1 is 0.968 bits per heavy atom. The Labute approximate surface area is 186 Å². The van der Waals surface area contributed by atoms with E-state index in [1.807, 2.05) is 31.2 Å². The lowest BCUT2D eigenvalue weighted by atomic mass is 10.1. The summed E-state index contributed by atoms with van der Waals surface area (Å²) in [4.78, 5) is 12.6. The van der Waals surface area contributed by atoms with Crippen molar-refractivity contribution in [3.05, 3.63) is 91.8 Å². The van der Waals surface area contributed by atoms with E-state index < -0.39 is 17.7 Å². The zero-order valence-electron chi connectivity index (χ0n) is 16.4. The molecule has 0 saturated heterocycles. The zero-order valence-corrected chi connectivity index (χ0v) is 17.9. The summed E-state index contributed by atoms with van der Waals surface area (Å²) in [6, 6.07) is 14.3. The summed E-state index contributed by atoms with van der Waals surface area (Å²) < 4.78 is 48.2. The summed E-state index contributed by atoms with van der Waals surface area (Å²) in [5.74, 6) is -0.283. The lowest BCUT2D eigenvalue weighted by molar-refractivity contribution is -0.274. The van der Waals surface area contributed by atoms with Crippen molar-refractivity contribution < 1.29 is 22.6 Å². The van der Waals surface area contributed by atoms with E-state index in [-0.39, 0.29) is 22.4 Å². The van der Waals surface area contributed by atoms with Crippen molar-refractivity contribution in [3.63, 3.8) is 0 Å². The molecule has 0 radical (unpaired) electrons. The van der Waals surface area contributed by atoms with Crippen LogP contribution in [0, 0.1) is 6.92 Å². The number of aryl methyl sites for hydroxylation is 2. The van der Waals surface area contributed by atoms with Crippen molar-refractivity contribution in [1.82, 2.24) is 4.57 Å². The van der Waals surface area contributed by atoms with Crippen molar-refractivity contribution in [1.29, 1.82) is 0 Å². The standard InChI is InChI=1S/C22H18Cl2F3NO3/c1-14-5-7-15(8-6-14)9-10-28-20(18(23)12-19(24)21(28)29)13-30-16-3-2-4-17(11-16)31-22(25,26)27/h2-8,11-12H,9-10,13H2,1H3. The Kier molecular flexibility index (Phi) is 7.18. The van der Waals surface area contributed by atoms with Crippen LogP contribution in [0.25, 0.3) is 0 Å². The molecule has 0 aliphatic heterocycles. The number of hydrogen-bond donors (Lipinski definition) is 0. The van der Waals surface area contributed by atoms with Gasteiger partial charge >= 0.3 is 6.36 Å². The number of hydrogen-bond acceptors (Lipinski definition) is 3. The molecule has 3 aromatic rings. The first-order valence-corrected chi connectivity index (χ1v) is 10.00. The molecule has 0 aliphatic carbocycles. The molecule has 4 nitrogen and oxygen atoms in total. The van der Waals surface area contributed by atoms with Gasteiger partial charge < -0.3 is 14.0 Å². The topological polar surface area (TPSA) is 40.5 Å². The van der Waals surface area contributed by atoms with Crippen LogP contribution in [0.5, 0.6) is 11.5 Å². The van der Waals surface area contributed by atoms with Crippen LogP contribution >= 0.6 is 23.2 Å². The van der Waals surface area contributed by atoms with Crippen LogP contribution in [-0.2, 0) is 19.6 Å². The minimum Gasteiger partial charge on any atom is -0.487 e. The van der Waals surface area contributed by atoms with Gasteiger partial charge in [-0.3, -0.25) is 4.79 Å². The van der Waals surface area contributed by atoms with Gasteiger partial charge in [-0.1, -0.05) is 59.1 Å². The molecule has 0 amide bonds. The number of halogens is 5. The van der Waals surface area contributed by atoms with Gasteiger partial charge in [0.15, 0.2) is 0 Å². The van der Waals surface area contributed by atoms with Gasteiger partial charge in [-0.05, 0) is 37.1 Å². The van der Waals surface area contributed by atoms with Crippen LogP contribution in [0.3, 0.4) is 0 Å². The van der Waals surface area contributed by atoms with Gasteiger partial charge in [-0.25, -0.2) is 0 Å². The maximum atomic E-state index is 12.6. The van der Waals surface area contributed by atoms with Gasteiger partial charge in [0.1, 0.15) is 23.1 Å². The monoisotopic (exact) mass is 471 g/mol. The normalized spacial score (nSPS) is 11.4. The first-order chi connectivity index (χ1) is 14.6. The van der Waals surface area contributed by atoms with Crippen molar-refractivity contribution in [2.24, 2.45) is 0 Å². The molecule has 2 aromatic carbocycles. The number of pyridine rings is 1. The second kappa shape index (κ2) is 9.66. The highest BCUT2D eigenvalue weighted by Crippen LogP contribution is 2.27. The lowest BCUT2D eigenvalue weighted by Crippen LogP contribution is -2.26. The van der Waals surface area contributed by atoms with E-state index in [1.54, 1.807) is 0 Å². The number of ether oxygens (including phenoxy) is 2.